The summed E-state index contributed by atoms with van der Waals surface area (Å²) in [6.45, 7) is 0.324. The second-order valence-corrected chi connectivity index (χ2v) is 5.48. The number of fused-ring (bicyclic) bond motifs is 1. The first-order chi connectivity index (χ1) is 12.1. The summed E-state index contributed by atoms with van der Waals surface area (Å²) in [4.78, 5) is 25.8. The minimum Gasteiger partial charge on any atom is -0.489 e. The number of carbonyl (C=O) groups is 1. The average Bonchev–Trinajstić information content (AvgIpc) is 2.62. The zero-order valence-corrected chi connectivity index (χ0v) is 13.6. The fraction of sp³-hybridized carbons (Fsp3) is 0.158. The molecule has 0 spiro atoms. The van der Waals surface area contributed by atoms with E-state index in [2.05, 4.69) is 0 Å². The summed E-state index contributed by atoms with van der Waals surface area (Å²) in [6.07, 6.45) is 0. The monoisotopic (exact) mass is 341 g/mol. The van der Waals surface area contributed by atoms with Crippen LogP contribution in [-0.4, -0.2) is 31.0 Å². The molecular formula is C19H16FNO4. The number of hydrogen-bond donors (Lipinski definition) is 0. The standard InChI is InChI=1S/C19H16FNO4/c1-21(10-11-24-17-9-5-3-7-14(17)20)19(23)18-12-15(22)13-6-2-4-8-16(13)25-18/h2-9,12H,10-11H2,1H3. The van der Waals surface area contributed by atoms with Crippen LogP contribution in [0.15, 0.2) is 63.8 Å². The van der Waals surface area contributed by atoms with Gasteiger partial charge in [-0.1, -0.05) is 24.3 Å². The van der Waals surface area contributed by atoms with E-state index in [0.717, 1.165) is 0 Å². The first kappa shape index (κ1) is 16.7. The molecule has 0 unspecified atom stereocenters. The van der Waals surface area contributed by atoms with Gasteiger partial charge < -0.3 is 14.1 Å². The van der Waals surface area contributed by atoms with Crippen LogP contribution in [0.1, 0.15) is 10.6 Å². The number of nitrogens with zero attached hydrogens (tertiary/aromatic N) is 1. The van der Waals surface area contributed by atoms with Crippen LogP contribution in [0.4, 0.5) is 4.39 Å². The maximum atomic E-state index is 13.5. The van der Waals surface area contributed by atoms with Gasteiger partial charge in [-0.05, 0) is 24.3 Å². The van der Waals surface area contributed by atoms with Crippen LogP contribution in [0.2, 0.25) is 0 Å². The molecule has 1 heterocycles. The second-order valence-electron chi connectivity index (χ2n) is 5.48. The first-order valence-corrected chi connectivity index (χ1v) is 7.72. The van der Waals surface area contributed by atoms with Gasteiger partial charge in [0.25, 0.3) is 5.91 Å². The molecule has 1 amide bonds. The van der Waals surface area contributed by atoms with E-state index in [1.54, 1.807) is 43.4 Å². The molecule has 3 aromatic rings. The van der Waals surface area contributed by atoms with Gasteiger partial charge in [0.05, 0.1) is 11.9 Å². The van der Waals surface area contributed by atoms with Crippen molar-refractivity contribution in [3.8, 4) is 5.75 Å². The molecule has 0 bridgehead atoms. The van der Waals surface area contributed by atoms with Gasteiger partial charge in [0.15, 0.2) is 22.8 Å². The molecule has 5 nitrogen and oxygen atoms in total. The molecule has 0 fully saturated rings. The topological polar surface area (TPSA) is 59.8 Å². The number of likely N-dealkylation sites (N-methyl/N-ethyl adjacent to an activating group) is 1. The lowest BCUT2D eigenvalue weighted by Gasteiger charge is -2.17. The predicted octanol–water partition coefficient (Wildman–Crippen LogP) is 3.08. The van der Waals surface area contributed by atoms with Crippen molar-refractivity contribution < 1.29 is 18.3 Å². The number of rotatable bonds is 5. The normalized spacial score (nSPS) is 10.6. The molecule has 1 aromatic heterocycles. The lowest BCUT2D eigenvalue weighted by Crippen LogP contribution is -2.31. The summed E-state index contributed by atoms with van der Waals surface area (Å²) in [6, 6.07) is 14.0. The Bertz CT molecular complexity index is 967. The van der Waals surface area contributed by atoms with Crippen molar-refractivity contribution in [2.45, 2.75) is 0 Å². The van der Waals surface area contributed by atoms with Crippen molar-refractivity contribution in [3.05, 3.63) is 76.4 Å². The van der Waals surface area contributed by atoms with Crippen molar-refractivity contribution in [3.63, 3.8) is 0 Å². The Morgan fingerprint density at radius 2 is 1.88 bits per heavy atom. The maximum Gasteiger partial charge on any atom is 0.289 e. The number of halogens is 1. The lowest BCUT2D eigenvalue weighted by molar-refractivity contribution is 0.0742. The van der Waals surface area contributed by atoms with Crippen LogP contribution in [0.25, 0.3) is 11.0 Å². The molecule has 0 aliphatic carbocycles. The molecule has 128 valence electrons. The highest BCUT2D eigenvalue weighted by Gasteiger charge is 2.16. The molecule has 0 radical (unpaired) electrons. The van der Waals surface area contributed by atoms with Crippen LogP contribution in [0.5, 0.6) is 5.75 Å². The highest BCUT2D eigenvalue weighted by molar-refractivity contribution is 5.93. The van der Waals surface area contributed by atoms with Crippen molar-refractivity contribution in [2.75, 3.05) is 20.2 Å². The quantitative estimate of drug-likeness (QED) is 0.715. The Morgan fingerprint density at radius 3 is 2.68 bits per heavy atom. The number of benzene rings is 2. The largest absolute Gasteiger partial charge is 0.489 e. The van der Waals surface area contributed by atoms with Crippen LogP contribution in [-0.2, 0) is 0 Å². The van der Waals surface area contributed by atoms with E-state index in [-0.39, 0.29) is 30.1 Å². The molecule has 25 heavy (non-hydrogen) atoms. The molecule has 0 aliphatic heterocycles. The van der Waals surface area contributed by atoms with Crippen LogP contribution < -0.4 is 10.2 Å². The number of carbonyl (C=O) groups excluding carboxylic acids is 1. The summed E-state index contributed by atoms with van der Waals surface area (Å²) >= 11 is 0. The average molecular weight is 341 g/mol. The third-order valence-corrected chi connectivity index (χ3v) is 3.71. The maximum absolute atomic E-state index is 13.5. The molecule has 0 saturated heterocycles. The Balaban J connectivity index is 1.68. The molecule has 6 heteroatoms. The summed E-state index contributed by atoms with van der Waals surface area (Å²) in [5.74, 6) is -0.824. The molecule has 2 aromatic carbocycles. The molecule has 0 N–H and O–H groups in total. The van der Waals surface area contributed by atoms with Gasteiger partial charge in [-0.3, -0.25) is 9.59 Å². The Kier molecular flexibility index (Phi) is 4.79. The van der Waals surface area contributed by atoms with Crippen LogP contribution in [0, 0.1) is 5.82 Å². The van der Waals surface area contributed by atoms with Gasteiger partial charge in [0.2, 0.25) is 0 Å². The fourth-order valence-electron chi connectivity index (χ4n) is 2.35. The van der Waals surface area contributed by atoms with E-state index in [0.29, 0.717) is 11.0 Å². The highest BCUT2D eigenvalue weighted by atomic mass is 19.1. The third kappa shape index (κ3) is 3.68. The Morgan fingerprint density at radius 1 is 1.16 bits per heavy atom. The molecule has 0 atom stereocenters. The number of para-hydroxylation sites is 2. The highest BCUT2D eigenvalue weighted by Crippen LogP contribution is 2.16. The minimum atomic E-state index is -0.461. The summed E-state index contributed by atoms with van der Waals surface area (Å²) in [5.41, 5.74) is 0.0792. The van der Waals surface area contributed by atoms with Crippen molar-refractivity contribution in [2.24, 2.45) is 0 Å². The SMILES string of the molecule is CN(CCOc1ccccc1F)C(=O)c1cc(=O)c2ccccc2o1. The second kappa shape index (κ2) is 7.17. The van der Waals surface area contributed by atoms with E-state index in [1.165, 1.54) is 23.1 Å². The Labute approximate surface area is 143 Å². The number of ether oxygens (including phenoxy) is 1. The predicted molar refractivity (Wildman–Crippen MR) is 91.3 cm³/mol. The number of amides is 1. The van der Waals surface area contributed by atoms with Gasteiger partial charge in [-0.15, -0.1) is 0 Å². The minimum absolute atomic E-state index is 0.0444. The van der Waals surface area contributed by atoms with Gasteiger partial charge in [-0.25, -0.2) is 4.39 Å². The first-order valence-electron chi connectivity index (χ1n) is 7.72. The van der Waals surface area contributed by atoms with E-state index < -0.39 is 11.7 Å². The molecular weight excluding hydrogens is 325 g/mol. The fourth-order valence-corrected chi connectivity index (χ4v) is 2.35. The lowest BCUT2D eigenvalue weighted by atomic mass is 10.2. The van der Waals surface area contributed by atoms with Crippen molar-refractivity contribution in [1.82, 2.24) is 4.90 Å². The van der Waals surface area contributed by atoms with Gasteiger partial charge >= 0.3 is 0 Å². The van der Waals surface area contributed by atoms with Crippen LogP contribution >= 0.6 is 0 Å². The Hall–Kier alpha value is -3.15. The van der Waals surface area contributed by atoms with E-state index in [4.69, 9.17) is 9.15 Å². The zero-order chi connectivity index (χ0) is 17.8. The molecule has 0 aliphatic rings. The van der Waals surface area contributed by atoms with Crippen molar-refractivity contribution in [1.29, 1.82) is 0 Å². The van der Waals surface area contributed by atoms with Crippen molar-refractivity contribution >= 4 is 16.9 Å². The zero-order valence-electron chi connectivity index (χ0n) is 13.6. The van der Waals surface area contributed by atoms with E-state index in [1.807, 2.05) is 0 Å². The van der Waals surface area contributed by atoms with Gasteiger partial charge in [-0.2, -0.15) is 0 Å². The summed E-state index contributed by atoms with van der Waals surface area (Å²) in [7, 11) is 1.56. The van der Waals surface area contributed by atoms with Gasteiger partial charge in [0.1, 0.15) is 12.2 Å². The van der Waals surface area contributed by atoms with E-state index >= 15 is 0 Å². The van der Waals surface area contributed by atoms with Gasteiger partial charge in [0, 0.05) is 13.1 Å². The number of hydrogen-bond acceptors (Lipinski definition) is 4. The molecule has 3 rings (SSSR count). The van der Waals surface area contributed by atoms with E-state index in [9.17, 15) is 14.0 Å². The molecule has 0 saturated carbocycles. The van der Waals surface area contributed by atoms with Crippen LogP contribution in [0.3, 0.4) is 0 Å². The summed E-state index contributed by atoms with van der Waals surface area (Å²) in [5, 5.41) is 0.421. The smallest absolute Gasteiger partial charge is 0.289 e. The summed E-state index contributed by atoms with van der Waals surface area (Å²) < 4.78 is 24.3. The third-order valence-electron chi connectivity index (χ3n) is 3.71.